The van der Waals surface area contributed by atoms with Crippen LogP contribution in [0.4, 0.5) is 5.69 Å². The molecule has 2 rings (SSSR count). The first-order valence-corrected chi connectivity index (χ1v) is 5.07. The third-order valence-electron chi connectivity index (χ3n) is 2.32. The second-order valence-corrected chi connectivity index (χ2v) is 3.72. The molecule has 1 aromatic heterocycles. The molecule has 82 valence electrons. The van der Waals surface area contributed by atoms with Crippen LogP contribution in [0.5, 0.6) is 0 Å². The van der Waals surface area contributed by atoms with Gasteiger partial charge in [0.1, 0.15) is 12.4 Å². The summed E-state index contributed by atoms with van der Waals surface area (Å²) >= 11 is 5.63. The van der Waals surface area contributed by atoms with Crippen LogP contribution in [0.15, 0.2) is 6.20 Å². The van der Waals surface area contributed by atoms with Crippen LogP contribution in [0.3, 0.4) is 0 Å². The van der Waals surface area contributed by atoms with Gasteiger partial charge in [-0.15, -0.1) is 0 Å². The van der Waals surface area contributed by atoms with Crippen molar-refractivity contribution in [2.24, 2.45) is 0 Å². The smallest absolute Gasteiger partial charge is 0.326 e. The number of nitrogens with zero attached hydrogens (tertiary/aromatic N) is 3. The van der Waals surface area contributed by atoms with Crippen molar-refractivity contribution in [1.82, 2.24) is 9.78 Å². The summed E-state index contributed by atoms with van der Waals surface area (Å²) in [6.45, 7) is 0.663. The van der Waals surface area contributed by atoms with Gasteiger partial charge in [0.05, 0.1) is 4.92 Å². The molecule has 0 spiro atoms. The maximum atomic E-state index is 10.5. The van der Waals surface area contributed by atoms with E-state index in [2.05, 4.69) is 5.10 Å². The van der Waals surface area contributed by atoms with E-state index >= 15 is 0 Å². The Labute approximate surface area is 90.9 Å². The van der Waals surface area contributed by atoms with Crippen LogP contribution in [0.25, 0.3) is 0 Å². The molecule has 2 heterocycles. The first-order valence-electron chi connectivity index (χ1n) is 4.69. The second-order valence-electron chi connectivity index (χ2n) is 3.36. The molecule has 0 aromatic carbocycles. The molecule has 6 nitrogen and oxygen atoms in total. The zero-order valence-corrected chi connectivity index (χ0v) is 8.68. The van der Waals surface area contributed by atoms with Crippen LogP contribution in [0.2, 0.25) is 5.15 Å². The van der Waals surface area contributed by atoms with Gasteiger partial charge in [-0.25, -0.2) is 4.68 Å². The lowest BCUT2D eigenvalue weighted by Gasteiger charge is -2.22. The summed E-state index contributed by atoms with van der Waals surface area (Å²) < 4.78 is 6.86. The Bertz CT molecular complexity index is 373. The number of ether oxygens (including phenoxy) is 1. The minimum atomic E-state index is -0.547. The van der Waals surface area contributed by atoms with E-state index in [0.29, 0.717) is 6.61 Å². The highest BCUT2D eigenvalue weighted by Crippen LogP contribution is 2.27. The van der Waals surface area contributed by atoms with Crippen LogP contribution >= 0.6 is 11.6 Å². The number of aromatic nitrogens is 2. The second kappa shape index (κ2) is 4.16. The third-order valence-corrected chi connectivity index (χ3v) is 2.59. The van der Waals surface area contributed by atoms with E-state index in [0.717, 1.165) is 19.3 Å². The molecule has 0 bridgehead atoms. The summed E-state index contributed by atoms with van der Waals surface area (Å²) in [5.41, 5.74) is -0.175. The SMILES string of the molecule is O=[N+]([O-])c1cn(C2CCCCO2)nc1Cl. The zero-order valence-electron chi connectivity index (χ0n) is 7.93. The molecule has 1 saturated heterocycles. The van der Waals surface area contributed by atoms with Gasteiger partial charge in [0, 0.05) is 6.61 Å². The highest BCUT2D eigenvalue weighted by atomic mass is 35.5. The summed E-state index contributed by atoms with van der Waals surface area (Å²) in [4.78, 5) is 10.00. The molecule has 7 heteroatoms. The van der Waals surface area contributed by atoms with E-state index in [9.17, 15) is 10.1 Å². The monoisotopic (exact) mass is 231 g/mol. The Morgan fingerprint density at radius 2 is 2.47 bits per heavy atom. The predicted octanol–water partition coefficient (Wildman–Crippen LogP) is 2.14. The largest absolute Gasteiger partial charge is 0.357 e. The van der Waals surface area contributed by atoms with Crippen molar-refractivity contribution in [2.45, 2.75) is 25.5 Å². The summed E-state index contributed by atoms with van der Waals surface area (Å²) in [6.07, 6.45) is 3.97. The molecule has 1 aliphatic heterocycles. The van der Waals surface area contributed by atoms with Crippen LogP contribution in [0.1, 0.15) is 25.5 Å². The van der Waals surface area contributed by atoms with Gasteiger partial charge in [-0.2, -0.15) is 5.10 Å². The molecule has 15 heavy (non-hydrogen) atoms. The van der Waals surface area contributed by atoms with E-state index in [4.69, 9.17) is 16.3 Å². The van der Waals surface area contributed by atoms with E-state index in [1.807, 2.05) is 0 Å². The van der Waals surface area contributed by atoms with Gasteiger partial charge in [0.15, 0.2) is 0 Å². The number of hydrogen-bond acceptors (Lipinski definition) is 4. The fourth-order valence-electron chi connectivity index (χ4n) is 1.56. The summed E-state index contributed by atoms with van der Waals surface area (Å²) in [7, 11) is 0. The maximum absolute atomic E-state index is 10.5. The van der Waals surface area contributed by atoms with Crippen molar-refractivity contribution < 1.29 is 9.66 Å². The molecule has 1 atom stereocenters. The first kappa shape index (κ1) is 10.4. The first-order chi connectivity index (χ1) is 7.18. The number of rotatable bonds is 2. The number of nitro groups is 1. The van der Waals surface area contributed by atoms with E-state index in [1.54, 1.807) is 0 Å². The molecule has 0 saturated carbocycles. The lowest BCUT2D eigenvalue weighted by atomic mass is 10.2. The van der Waals surface area contributed by atoms with Crippen molar-refractivity contribution in [1.29, 1.82) is 0 Å². The molecule has 0 amide bonds. The highest BCUT2D eigenvalue weighted by Gasteiger charge is 2.23. The highest BCUT2D eigenvalue weighted by molar-refractivity contribution is 6.31. The Morgan fingerprint density at radius 3 is 3.00 bits per heavy atom. The Hall–Kier alpha value is -1.14. The van der Waals surface area contributed by atoms with Gasteiger partial charge in [-0.05, 0) is 19.3 Å². The molecule has 0 aliphatic carbocycles. The van der Waals surface area contributed by atoms with Crippen molar-refractivity contribution >= 4 is 17.3 Å². The van der Waals surface area contributed by atoms with Gasteiger partial charge < -0.3 is 4.74 Å². The average Bonchev–Trinajstić information content (AvgIpc) is 2.62. The van der Waals surface area contributed by atoms with Gasteiger partial charge in [0.2, 0.25) is 5.15 Å². The van der Waals surface area contributed by atoms with Crippen molar-refractivity contribution in [2.75, 3.05) is 6.61 Å². The van der Waals surface area contributed by atoms with Crippen molar-refractivity contribution in [3.05, 3.63) is 21.5 Å². The number of halogens is 1. The molecular weight excluding hydrogens is 222 g/mol. The van der Waals surface area contributed by atoms with Crippen LogP contribution < -0.4 is 0 Å². The molecule has 1 fully saturated rings. The van der Waals surface area contributed by atoms with E-state index in [1.165, 1.54) is 10.9 Å². The summed E-state index contributed by atoms with van der Waals surface area (Å²) in [6, 6.07) is 0. The van der Waals surface area contributed by atoms with Crippen LogP contribution in [-0.2, 0) is 4.74 Å². The van der Waals surface area contributed by atoms with Gasteiger partial charge >= 0.3 is 5.69 Å². The fraction of sp³-hybridized carbons (Fsp3) is 0.625. The Kier molecular flexibility index (Phi) is 2.88. The Balaban J connectivity index is 2.21. The lowest BCUT2D eigenvalue weighted by Crippen LogP contribution is -2.18. The fourth-order valence-corrected chi connectivity index (χ4v) is 1.77. The van der Waals surface area contributed by atoms with Crippen molar-refractivity contribution in [3.63, 3.8) is 0 Å². The topological polar surface area (TPSA) is 70.2 Å². The molecular formula is C8H10ClN3O3. The van der Waals surface area contributed by atoms with E-state index in [-0.39, 0.29) is 17.1 Å². The molecule has 1 aromatic rings. The minimum Gasteiger partial charge on any atom is -0.357 e. The molecule has 0 radical (unpaired) electrons. The standard InChI is InChI=1S/C8H10ClN3O3/c9-8-6(12(13)14)5-11(10-8)7-3-1-2-4-15-7/h5,7H,1-4H2. The predicted molar refractivity (Wildman–Crippen MR) is 52.7 cm³/mol. The van der Waals surface area contributed by atoms with Gasteiger partial charge in [0.25, 0.3) is 0 Å². The summed E-state index contributed by atoms with van der Waals surface area (Å²) in [5.74, 6) is 0. The Morgan fingerprint density at radius 1 is 1.67 bits per heavy atom. The normalized spacial score (nSPS) is 21.5. The zero-order chi connectivity index (χ0) is 10.8. The van der Waals surface area contributed by atoms with Gasteiger partial charge in [-0.1, -0.05) is 11.6 Å². The maximum Gasteiger partial charge on any atom is 0.326 e. The average molecular weight is 232 g/mol. The van der Waals surface area contributed by atoms with E-state index < -0.39 is 4.92 Å². The number of hydrogen-bond donors (Lipinski definition) is 0. The summed E-state index contributed by atoms with van der Waals surface area (Å²) in [5, 5.41) is 14.3. The third kappa shape index (κ3) is 2.10. The van der Waals surface area contributed by atoms with Crippen LogP contribution in [0, 0.1) is 10.1 Å². The van der Waals surface area contributed by atoms with Gasteiger partial charge in [-0.3, -0.25) is 10.1 Å². The molecule has 1 unspecified atom stereocenters. The lowest BCUT2D eigenvalue weighted by molar-refractivity contribution is -0.384. The molecule has 1 aliphatic rings. The quantitative estimate of drug-likeness (QED) is 0.578. The minimum absolute atomic E-state index is 0.0887. The molecule has 0 N–H and O–H groups in total. The van der Waals surface area contributed by atoms with Crippen molar-refractivity contribution in [3.8, 4) is 0 Å². The van der Waals surface area contributed by atoms with Crippen LogP contribution in [-0.4, -0.2) is 21.3 Å².